The summed E-state index contributed by atoms with van der Waals surface area (Å²) in [6.07, 6.45) is 1.75. The van der Waals surface area contributed by atoms with E-state index in [1.807, 2.05) is 73.7 Å². The van der Waals surface area contributed by atoms with Gasteiger partial charge in [0.2, 0.25) is 11.8 Å². The minimum absolute atomic E-state index is 0.0582. The van der Waals surface area contributed by atoms with Gasteiger partial charge in [-0.15, -0.1) is 0 Å². The number of carbonyl (C=O) groups excluding carboxylic acids is 3. The van der Waals surface area contributed by atoms with Crippen molar-refractivity contribution in [2.75, 3.05) is 22.9 Å². The van der Waals surface area contributed by atoms with Gasteiger partial charge in [0, 0.05) is 23.8 Å². The zero-order chi connectivity index (χ0) is 23.2. The maximum Gasteiger partial charge on any atom is 0.253 e. The molecule has 0 bridgehead atoms. The molecule has 6 nitrogen and oxygen atoms in total. The van der Waals surface area contributed by atoms with Gasteiger partial charge >= 0.3 is 0 Å². The molecule has 0 radical (unpaired) electrons. The maximum atomic E-state index is 14.2. The molecular weight excluding hydrogens is 426 g/mol. The average molecular weight is 452 g/mol. The zero-order valence-corrected chi connectivity index (χ0v) is 19.0. The van der Waals surface area contributed by atoms with Crippen molar-refractivity contribution in [2.24, 2.45) is 11.8 Å². The van der Waals surface area contributed by atoms with Crippen LogP contribution in [0.25, 0.3) is 10.8 Å². The predicted octanol–water partition coefficient (Wildman–Crippen LogP) is 3.69. The van der Waals surface area contributed by atoms with E-state index in [1.54, 1.807) is 4.90 Å². The summed E-state index contributed by atoms with van der Waals surface area (Å²) in [4.78, 5) is 47.7. The van der Waals surface area contributed by atoms with Crippen molar-refractivity contribution < 1.29 is 14.4 Å². The Hall–Kier alpha value is -3.51. The number of amides is 3. The molecule has 4 aliphatic rings. The first-order valence-electron chi connectivity index (χ1n) is 12.1. The Morgan fingerprint density at radius 1 is 0.912 bits per heavy atom. The highest BCUT2D eigenvalue weighted by Crippen LogP contribution is 2.61. The van der Waals surface area contributed by atoms with Gasteiger partial charge in [-0.05, 0) is 55.3 Å². The molecular formula is C28H25N3O3. The lowest BCUT2D eigenvalue weighted by Crippen LogP contribution is -2.56. The largest absolute Gasteiger partial charge is 0.310 e. The standard InChI is InChI=1S/C28H25N3O3/c1-2-29-21-11-6-5-10-20(21)28(27(29)34)24-23(22-12-7-15-30(22)28)25(32)31(26(24)33)19-14-13-17-8-3-4-9-18(17)16-19/h3-6,8-11,13-14,16,22-24H,2,7,12,15H2,1H3/t22-,23+,24-,28-/m0/s1. The Labute approximate surface area is 197 Å². The summed E-state index contributed by atoms with van der Waals surface area (Å²) in [5, 5.41) is 2.04. The molecule has 0 aromatic heterocycles. The number of fused-ring (bicyclic) bond motifs is 8. The van der Waals surface area contributed by atoms with Crippen LogP contribution in [-0.4, -0.2) is 41.8 Å². The highest BCUT2D eigenvalue weighted by atomic mass is 16.2. The van der Waals surface area contributed by atoms with Crippen LogP contribution in [0.3, 0.4) is 0 Å². The summed E-state index contributed by atoms with van der Waals surface area (Å²) >= 11 is 0. The van der Waals surface area contributed by atoms with Crippen molar-refractivity contribution in [1.82, 2.24) is 4.90 Å². The minimum Gasteiger partial charge on any atom is -0.310 e. The third-order valence-electron chi connectivity index (χ3n) is 8.45. The van der Waals surface area contributed by atoms with E-state index in [2.05, 4.69) is 4.90 Å². The van der Waals surface area contributed by atoms with E-state index in [0.29, 0.717) is 12.2 Å². The van der Waals surface area contributed by atoms with Crippen LogP contribution in [0.2, 0.25) is 0 Å². The van der Waals surface area contributed by atoms with Crippen LogP contribution >= 0.6 is 0 Å². The van der Waals surface area contributed by atoms with Crippen molar-refractivity contribution in [3.63, 3.8) is 0 Å². The van der Waals surface area contributed by atoms with E-state index in [4.69, 9.17) is 0 Å². The van der Waals surface area contributed by atoms with Crippen LogP contribution in [0, 0.1) is 11.8 Å². The van der Waals surface area contributed by atoms with Gasteiger partial charge in [-0.1, -0.05) is 48.5 Å². The predicted molar refractivity (Wildman–Crippen MR) is 129 cm³/mol. The van der Waals surface area contributed by atoms with Gasteiger partial charge < -0.3 is 4.90 Å². The number of likely N-dealkylation sites (N-methyl/N-ethyl adjacent to an activating group) is 1. The van der Waals surface area contributed by atoms with Gasteiger partial charge in [-0.25, -0.2) is 4.90 Å². The molecule has 0 unspecified atom stereocenters. The number of hydrogen-bond acceptors (Lipinski definition) is 4. The number of rotatable bonds is 2. The first-order chi connectivity index (χ1) is 16.6. The smallest absolute Gasteiger partial charge is 0.253 e. The Bertz CT molecular complexity index is 1400. The lowest BCUT2D eigenvalue weighted by atomic mass is 9.75. The molecule has 3 amide bonds. The minimum atomic E-state index is -1.10. The molecule has 3 aromatic carbocycles. The average Bonchev–Trinajstić information content (AvgIpc) is 3.56. The van der Waals surface area contributed by atoms with Gasteiger partial charge in [-0.3, -0.25) is 19.3 Å². The van der Waals surface area contributed by atoms with Gasteiger partial charge in [0.05, 0.1) is 17.5 Å². The highest BCUT2D eigenvalue weighted by Gasteiger charge is 2.75. The van der Waals surface area contributed by atoms with E-state index in [-0.39, 0.29) is 23.8 Å². The van der Waals surface area contributed by atoms with Crippen molar-refractivity contribution in [1.29, 1.82) is 0 Å². The molecule has 6 heteroatoms. The Balaban J connectivity index is 1.42. The summed E-state index contributed by atoms with van der Waals surface area (Å²) in [5.41, 5.74) is 1.24. The van der Waals surface area contributed by atoms with Crippen LogP contribution in [-0.2, 0) is 19.9 Å². The molecule has 4 atom stereocenters. The molecule has 3 aromatic rings. The number of carbonyl (C=O) groups is 3. The van der Waals surface area contributed by atoms with Crippen LogP contribution in [0.5, 0.6) is 0 Å². The second kappa shape index (κ2) is 6.76. The summed E-state index contributed by atoms with van der Waals surface area (Å²) in [5.74, 6) is -1.69. The second-order valence-corrected chi connectivity index (χ2v) is 9.78. The fourth-order valence-electron chi connectivity index (χ4n) is 7.22. The SMILES string of the molecule is CCN1C(=O)[C@]2(c3ccccc31)[C@@H]1C(=O)N(c3ccc4ccccc4c3)C(=O)[C@@H]1[C@@H]1CCCN12. The molecule has 4 aliphatic heterocycles. The normalized spacial score (nSPS) is 30.0. The lowest BCUT2D eigenvalue weighted by molar-refractivity contribution is -0.137. The molecule has 0 saturated carbocycles. The number of para-hydroxylation sites is 1. The lowest BCUT2D eigenvalue weighted by Gasteiger charge is -2.37. The molecule has 0 N–H and O–H groups in total. The third kappa shape index (κ3) is 2.18. The zero-order valence-electron chi connectivity index (χ0n) is 19.0. The first kappa shape index (κ1) is 19.9. The van der Waals surface area contributed by atoms with Gasteiger partial charge in [0.1, 0.15) is 5.54 Å². The van der Waals surface area contributed by atoms with E-state index < -0.39 is 17.4 Å². The number of benzene rings is 3. The Morgan fingerprint density at radius 3 is 2.50 bits per heavy atom. The van der Waals surface area contributed by atoms with Crippen LogP contribution < -0.4 is 9.80 Å². The number of imide groups is 1. The molecule has 34 heavy (non-hydrogen) atoms. The van der Waals surface area contributed by atoms with Gasteiger partial charge in [-0.2, -0.15) is 0 Å². The summed E-state index contributed by atoms with van der Waals surface area (Å²) in [7, 11) is 0. The van der Waals surface area contributed by atoms with Gasteiger partial charge in [0.15, 0.2) is 0 Å². The molecule has 3 saturated heterocycles. The first-order valence-corrected chi connectivity index (χ1v) is 12.1. The fraction of sp³-hybridized carbons (Fsp3) is 0.321. The molecule has 7 rings (SSSR count). The van der Waals surface area contributed by atoms with E-state index in [9.17, 15) is 14.4 Å². The van der Waals surface area contributed by atoms with Gasteiger partial charge in [0.25, 0.3) is 5.91 Å². The summed E-state index contributed by atoms with van der Waals surface area (Å²) < 4.78 is 0. The van der Waals surface area contributed by atoms with Crippen molar-refractivity contribution in [3.8, 4) is 0 Å². The molecule has 170 valence electrons. The monoisotopic (exact) mass is 451 g/mol. The van der Waals surface area contributed by atoms with E-state index in [0.717, 1.165) is 41.4 Å². The van der Waals surface area contributed by atoms with Crippen LogP contribution in [0.4, 0.5) is 11.4 Å². The van der Waals surface area contributed by atoms with E-state index in [1.165, 1.54) is 4.90 Å². The topological polar surface area (TPSA) is 60.9 Å². The number of hydrogen-bond donors (Lipinski definition) is 0. The maximum absolute atomic E-state index is 14.2. The number of nitrogens with zero attached hydrogens (tertiary/aromatic N) is 3. The summed E-state index contributed by atoms with van der Waals surface area (Å²) in [6, 6.07) is 21.4. The van der Waals surface area contributed by atoms with Crippen molar-refractivity contribution in [3.05, 3.63) is 72.3 Å². The number of anilines is 2. The molecule has 4 heterocycles. The van der Waals surface area contributed by atoms with Crippen LogP contribution in [0.1, 0.15) is 25.3 Å². The fourth-order valence-corrected chi connectivity index (χ4v) is 7.22. The van der Waals surface area contributed by atoms with E-state index >= 15 is 0 Å². The third-order valence-corrected chi connectivity index (χ3v) is 8.45. The van der Waals surface area contributed by atoms with Crippen LogP contribution in [0.15, 0.2) is 66.7 Å². The quantitative estimate of drug-likeness (QED) is 0.558. The van der Waals surface area contributed by atoms with Crippen molar-refractivity contribution in [2.45, 2.75) is 31.3 Å². The second-order valence-electron chi connectivity index (χ2n) is 9.78. The van der Waals surface area contributed by atoms with Crippen molar-refractivity contribution >= 4 is 39.9 Å². The molecule has 0 aliphatic carbocycles. The highest BCUT2D eigenvalue weighted by molar-refractivity contribution is 6.26. The Morgan fingerprint density at radius 2 is 1.68 bits per heavy atom. The summed E-state index contributed by atoms with van der Waals surface area (Å²) in [6.45, 7) is 3.22. The molecule has 3 fully saturated rings. The molecule has 1 spiro atoms. The Kier molecular flexibility index (Phi) is 3.96.